The number of aromatic nitrogens is 2. The molecule has 11 heteroatoms. The maximum absolute atomic E-state index is 11.6. The molecule has 9 nitrogen and oxygen atoms in total. The minimum absolute atomic E-state index is 0.0721. The number of aryl methyl sites for hydroxylation is 1. The summed E-state index contributed by atoms with van der Waals surface area (Å²) in [7, 11) is -3.76. The van der Waals surface area contributed by atoms with Crippen LogP contribution in [0.5, 0.6) is 0 Å². The highest BCUT2D eigenvalue weighted by molar-refractivity contribution is 7.86. The molecule has 1 atom stereocenters. The van der Waals surface area contributed by atoms with Crippen molar-refractivity contribution in [3.05, 3.63) is 51.8 Å². The van der Waals surface area contributed by atoms with Crippen molar-refractivity contribution in [2.45, 2.75) is 25.7 Å². The number of guanidine groups is 1. The van der Waals surface area contributed by atoms with Gasteiger partial charge in [-0.05, 0) is 30.9 Å². The fourth-order valence-corrected chi connectivity index (χ4v) is 3.84. The van der Waals surface area contributed by atoms with Crippen LogP contribution in [0.25, 0.3) is 0 Å². The first-order valence-corrected chi connectivity index (χ1v) is 10.2. The van der Waals surface area contributed by atoms with E-state index in [1.807, 2.05) is 18.2 Å². The molecule has 1 unspecified atom stereocenters. The standard InChI is InChI=1S/C16H19ClN6O3S/c1-9-15-13(20-21-16(18)19)7-10(11-5-3-4-6-12(11)17)8-14(15)23(22-9)26-27(2,24)25/h3-6,10H,7-8H2,1-2H3,(H4,18,19,21). The van der Waals surface area contributed by atoms with Crippen LogP contribution < -0.4 is 15.8 Å². The molecule has 0 saturated carbocycles. The molecule has 0 saturated heterocycles. The smallest absolute Gasteiger partial charge is 0.325 e. The summed E-state index contributed by atoms with van der Waals surface area (Å²) in [6.45, 7) is 1.74. The van der Waals surface area contributed by atoms with Gasteiger partial charge in [0.15, 0.2) is 0 Å². The van der Waals surface area contributed by atoms with Gasteiger partial charge in [0, 0.05) is 17.0 Å². The second-order valence-corrected chi connectivity index (χ2v) is 8.22. The van der Waals surface area contributed by atoms with Gasteiger partial charge >= 0.3 is 10.1 Å². The Kier molecular flexibility index (Phi) is 5.11. The summed E-state index contributed by atoms with van der Waals surface area (Å²) < 4.78 is 28.2. The number of nitrogens with zero attached hydrogens (tertiary/aromatic N) is 4. The first-order valence-electron chi connectivity index (χ1n) is 8.04. The summed E-state index contributed by atoms with van der Waals surface area (Å²) in [6, 6.07) is 7.45. The van der Waals surface area contributed by atoms with Crippen LogP contribution in [-0.2, 0) is 16.5 Å². The Balaban J connectivity index is 2.14. The fourth-order valence-electron chi connectivity index (χ4n) is 3.17. The molecule has 1 aromatic carbocycles. The molecule has 1 aliphatic rings. The molecule has 1 heterocycles. The molecule has 1 aromatic heterocycles. The van der Waals surface area contributed by atoms with E-state index in [2.05, 4.69) is 15.3 Å². The Morgan fingerprint density at radius 3 is 2.67 bits per heavy atom. The van der Waals surface area contributed by atoms with Crippen molar-refractivity contribution in [2.75, 3.05) is 6.26 Å². The van der Waals surface area contributed by atoms with Crippen LogP contribution in [0.2, 0.25) is 5.02 Å². The van der Waals surface area contributed by atoms with Crippen molar-refractivity contribution in [3.8, 4) is 0 Å². The van der Waals surface area contributed by atoms with Crippen LogP contribution in [0.3, 0.4) is 0 Å². The fraction of sp³-hybridized carbons (Fsp3) is 0.312. The average molecular weight is 411 g/mol. The zero-order valence-corrected chi connectivity index (χ0v) is 16.3. The van der Waals surface area contributed by atoms with E-state index >= 15 is 0 Å². The maximum Gasteiger partial charge on any atom is 0.325 e. The molecular formula is C16H19ClN6O3S. The molecule has 3 rings (SSSR count). The summed E-state index contributed by atoms with van der Waals surface area (Å²) >= 11 is 6.35. The average Bonchev–Trinajstić information content (AvgIpc) is 2.87. The Hall–Kier alpha value is -2.59. The first kappa shape index (κ1) is 19.2. The van der Waals surface area contributed by atoms with Crippen molar-refractivity contribution in [1.29, 1.82) is 0 Å². The second-order valence-electron chi connectivity index (χ2n) is 6.26. The normalized spacial score (nSPS) is 18.2. The van der Waals surface area contributed by atoms with Gasteiger partial charge in [0.2, 0.25) is 5.96 Å². The van der Waals surface area contributed by atoms with Gasteiger partial charge in [-0.25, -0.2) is 0 Å². The van der Waals surface area contributed by atoms with Gasteiger partial charge in [0.05, 0.1) is 23.4 Å². The third kappa shape index (κ3) is 4.22. The lowest BCUT2D eigenvalue weighted by Gasteiger charge is -2.25. The van der Waals surface area contributed by atoms with Crippen LogP contribution in [-0.4, -0.2) is 36.3 Å². The van der Waals surface area contributed by atoms with Gasteiger partial charge in [0.25, 0.3) is 0 Å². The highest BCUT2D eigenvalue weighted by Crippen LogP contribution is 2.37. The van der Waals surface area contributed by atoms with E-state index in [1.54, 1.807) is 13.0 Å². The van der Waals surface area contributed by atoms with E-state index in [0.717, 1.165) is 16.7 Å². The van der Waals surface area contributed by atoms with E-state index in [0.29, 0.717) is 40.5 Å². The van der Waals surface area contributed by atoms with E-state index in [-0.39, 0.29) is 11.9 Å². The van der Waals surface area contributed by atoms with Gasteiger partial charge in [0.1, 0.15) is 0 Å². The number of hydrogen-bond donors (Lipinski definition) is 2. The molecule has 27 heavy (non-hydrogen) atoms. The van der Waals surface area contributed by atoms with E-state index in [4.69, 9.17) is 27.4 Å². The molecule has 2 aromatic rings. The van der Waals surface area contributed by atoms with Crippen molar-refractivity contribution < 1.29 is 12.7 Å². The molecule has 1 aliphatic carbocycles. The van der Waals surface area contributed by atoms with Gasteiger partial charge in [-0.2, -0.15) is 13.5 Å². The van der Waals surface area contributed by atoms with Crippen molar-refractivity contribution in [3.63, 3.8) is 0 Å². The monoisotopic (exact) mass is 410 g/mol. The molecule has 0 radical (unpaired) electrons. The molecule has 0 bridgehead atoms. The van der Waals surface area contributed by atoms with Crippen LogP contribution in [0, 0.1) is 6.92 Å². The lowest BCUT2D eigenvalue weighted by molar-refractivity contribution is 0.229. The molecule has 0 amide bonds. The SMILES string of the molecule is Cc1nn(OS(C)(=O)=O)c2c1C(=NN=C(N)N)CC(c1ccccc1Cl)C2. The van der Waals surface area contributed by atoms with Crippen molar-refractivity contribution in [1.82, 2.24) is 9.94 Å². The summed E-state index contributed by atoms with van der Waals surface area (Å²) in [4.78, 5) is 1.02. The number of hydrogen-bond acceptors (Lipinski definition) is 6. The van der Waals surface area contributed by atoms with E-state index in [1.165, 1.54) is 0 Å². The van der Waals surface area contributed by atoms with Crippen LogP contribution in [0.4, 0.5) is 0 Å². The quantitative estimate of drug-likeness (QED) is 0.437. The maximum atomic E-state index is 11.6. The van der Waals surface area contributed by atoms with Crippen molar-refractivity contribution in [2.24, 2.45) is 21.7 Å². The molecule has 0 aliphatic heterocycles. The minimum Gasteiger partial charge on any atom is -0.369 e. The van der Waals surface area contributed by atoms with Crippen molar-refractivity contribution >= 4 is 33.4 Å². The first-order chi connectivity index (χ1) is 12.7. The molecule has 0 fully saturated rings. The minimum atomic E-state index is -3.76. The highest BCUT2D eigenvalue weighted by Gasteiger charge is 2.33. The molecular weight excluding hydrogens is 392 g/mol. The number of rotatable bonds is 4. The van der Waals surface area contributed by atoms with Gasteiger partial charge in [-0.15, -0.1) is 10.2 Å². The van der Waals surface area contributed by atoms with Crippen LogP contribution in [0.15, 0.2) is 34.5 Å². The Morgan fingerprint density at radius 2 is 2.04 bits per heavy atom. The second kappa shape index (κ2) is 7.20. The number of nitrogens with two attached hydrogens (primary N) is 2. The summed E-state index contributed by atoms with van der Waals surface area (Å²) in [5.41, 5.74) is 14.1. The summed E-state index contributed by atoms with van der Waals surface area (Å²) in [6.07, 6.45) is 1.94. The Bertz CT molecular complexity index is 1040. The summed E-state index contributed by atoms with van der Waals surface area (Å²) in [5, 5.41) is 12.7. The summed E-state index contributed by atoms with van der Waals surface area (Å²) in [5.74, 6) is -0.251. The predicted octanol–water partition coefficient (Wildman–Crippen LogP) is 0.941. The van der Waals surface area contributed by atoms with Crippen LogP contribution >= 0.6 is 11.6 Å². The van der Waals surface area contributed by atoms with Gasteiger partial charge in [-0.1, -0.05) is 34.6 Å². The van der Waals surface area contributed by atoms with E-state index in [9.17, 15) is 8.42 Å². The Labute approximate surface area is 161 Å². The lowest BCUT2D eigenvalue weighted by Crippen LogP contribution is -2.27. The number of fused-ring (bicyclic) bond motifs is 1. The van der Waals surface area contributed by atoms with E-state index < -0.39 is 10.1 Å². The lowest BCUT2D eigenvalue weighted by atomic mass is 9.81. The Morgan fingerprint density at radius 1 is 1.33 bits per heavy atom. The topological polar surface area (TPSA) is 138 Å². The molecule has 0 spiro atoms. The van der Waals surface area contributed by atoms with Crippen LogP contribution in [0.1, 0.15) is 34.9 Å². The third-order valence-electron chi connectivity index (χ3n) is 4.13. The van der Waals surface area contributed by atoms with Gasteiger partial charge in [-0.3, -0.25) is 4.28 Å². The zero-order valence-electron chi connectivity index (χ0n) is 14.8. The molecule has 144 valence electrons. The third-order valence-corrected chi connectivity index (χ3v) is 4.88. The predicted molar refractivity (Wildman–Crippen MR) is 103 cm³/mol. The number of halogens is 1. The molecule has 4 N–H and O–H groups in total. The zero-order chi connectivity index (χ0) is 19.8. The van der Waals surface area contributed by atoms with Gasteiger partial charge < -0.3 is 11.5 Å². The number of benzene rings is 1. The largest absolute Gasteiger partial charge is 0.369 e. The highest BCUT2D eigenvalue weighted by atomic mass is 35.5.